The highest BCUT2D eigenvalue weighted by Gasteiger charge is 2.46. The molecule has 3 aromatic rings. The van der Waals surface area contributed by atoms with Crippen LogP contribution in [0.1, 0.15) is 59.8 Å². The Hall–Kier alpha value is -4.35. The van der Waals surface area contributed by atoms with Crippen LogP contribution in [-0.2, 0) is 11.1 Å². The molecule has 0 radical (unpaired) electrons. The van der Waals surface area contributed by atoms with E-state index in [2.05, 4.69) is 25.0 Å². The van der Waals surface area contributed by atoms with Crippen molar-refractivity contribution >= 4 is 17.5 Å². The summed E-state index contributed by atoms with van der Waals surface area (Å²) in [5.74, 6) is 0.451. The number of aromatic nitrogens is 3. The molecule has 0 aromatic carbocycles. The summed E-state index contributed by atoms with van der Waals surface area (Å²) in [5.41, 5.74) is 1.51. The number of carbonyl (C=O) groups is 2. The van der Waals surface area contributed by atoms with Crippen LogP contribution in [0.25, 0.3) is 0 Å². The standard InChI is InChI=1S/C16H15F2N3O3.C10H12N2O2/c1-16(2)13-11(4-5-12(20-13)23-3)14(22)21(16)9-6-10(8-19-7-9)24-15(17)18;1-10(2)8-6(9(13)12-10)4-5-7(11-8)14-3/h4-8,15H,1-3H3;4-5H,1-3H3,(H,12,13). The highest BCUT2D eigenvalue weighted by atomic mass is 19.3. The molecule has 200 valence electrons. The fourth-order valence-corrected chi connectivity index (χ4v) is 4.44. The van der Waals surface area contributed by atoms with Crippen LogP contribution in [-0.4, -0.2) is 47.6 Å². The smallest absolute Gasteiger partial charge is 0.387 e. The van der Waals surface area contributed by atoms with E-state index in [9.17, 15) is 18.4 Å². The van der Waals surface area contributed by atoms with Crippen LogP contribution in [0.3, 0.4) is 0 Å². The number of rotatable bonds is 5. The Morgan fingerprint density at radius 1 is 0.895 bits per heavy atom. The Kier molecular flexibility index (Phi) is 6.92. The van der Waals surface area contributed by atoms with E-state index in [0.717, 1.165) is 11.9 Å². The third-order valence-corrected chi connectivity index (χ3v) is 6.17. The topological polar surface area (TPSA) is 116 Å². The summed E-state index contributed by atoms with van der Waals surface area (Å²) in [6.07, 6.45) is 2.58. The molecule has 0 saturated carbocycles. The molecule has 5 heterocycles. The van der Waals surface area contributed by atoms with Gasteiger partial charge in [-0.1, -0.05) is 0 Å². The monoisotopic (exact) mass is 527 g/mol. The predicted molar refractivity (Wildman–Crippen MR) is 133 cm³/mol. The summed E-state index contributed by atoms with van der Waals surface area (Å²) >= 11 is 0. The largest absolute Gasteiger partial charge is 0.481 e. The molecule has 5 rings (SSSR count). The molecule has 0 bridgehead atoms. The Bertz CT molecular complexity index is 1400. The van der Waals surface area contributed by atoms with E-state index in [1.54, 1.807) is 31.4 Å². The van der Waals surface area contributed by atoms with Crippen LogP contribution in [0.4, 0.5) is 14.5 Å². The van der Waals surface area contributed by atoms with Gasteiger partial charge in [0.2, 0.25) is 11.8 Å². The fourth-order valence-electron chi connectivity index (χ4n) is 4.44. The lowest BCUT2D eigenvalue weighted by molar-refractivity contribution is -0.0500. The van der Waals surface area contributed by atoms with Crippen LogP contribution in [0.2, 0.25) is 0 Å². The third-order valence-electron chi connectivity index (χ3n) is 6.17. The summed E-state index contributed by atoms with van der Waals surface area (Å²) in [6, 6.07) is 8.02. The number of hydrogen-bond acceptors (Lipinski definition) is 8. The number of fused-ring (bicyclic) bond motifs is 2. The van der Waals surface area contributed by atoms with Gasteiger partial charge < -0.3 is 19.5 Å². The average Bonchev–Trinajstić information content (AvgIpc) is 3.22. The second-order valence-corrected chi connectivity index (χ2v) is 9.54. The lowest BCUT2D eigenvalue weighted by Gasteiger charge is -2.31. The van der Waals surface area contributed by atoms with Gasteiger partial charge in [0.1, 0.15) is 5.75 Å². The lowest BCUT2D eigenvalue weighted by Crippen LogP contribution is -2.39. The molecule has 0 aliphatic carbocycles. The van der Waals surface area contributed by atoms with Crippen molar-refractivity contribution < 1.29 is 32.6 Å². The number of carbonyl (C=O) groups excluding carboxylic acids is 2. The van der Waals surface area contributed by atoms with Crippen molar-refractivity contribution in [1.29, 1.82) is 0 Å². The first kappa shape index (κ1) is 26.7. The van der Waals surface area contributed by atoms with E-state index in [4.69, 9.17) is 9.47 Å². The normalized spacial score (nSPS) is 16.3. The van der Waals surface area contributed by atoms with Crippen LogP contribution in [0.15, 0.2) is 42.7 Å². The van der Waals surface area contributed by atoms with Crippen LogP contribution >= 0.6 is 0 Å². The molecule has 10 nitrogen and oxygen atoms in total. The van der Waals surface area contributed by atoms with Gasteiger partial charge in [0.15, 0.2) is 0 Å². The van der Waals surface area contributed by atoms with E-state index in [1.165, 1.54) is 24.3 Å². The first-order valence-electron chi connectivity index (χ1n) is 11.6. The Balaban J connectivity index is 0.000000204. The second kappa shape index (κ2) is 9.84. The second-order valence-electron chi connectivity index (χ2n) is 9.54. The van der Waals surface area contributed by atoms with Crippen molar-refractivity contribution in [3.05, 3.63) is 65.2 Å². The molecule has 2 amide bonds. The molecule has 0 spiro atoms. The molecule has 0 atom stereocenters. The maximum atomic E-state index is 12.8. The van der Waals surface area contributed by atoms with E-state index >= 15 is 0 Å². The summed E-state index contributed by atoms with van der Waals surface area (Å²) in [7, 11) is 3.05. The Morgan fingerprint density at radius 3 is 2.11 bits per heavy atom. The van der Waals surface area contributed by atoms with Crippen molar-refractivity contribution in [2.45, 2.75) is 45.4 Å². The van der Waals surface area contributed by atoms with Gasteiger partial charge in [-0.15, -0.1) is 0 Å². The van der Waals surface area contributed by atoms with Gasteiger partial charge in [-0.25, -0.2) is 9.97 Å². The van der Waals surface area contributed by atoms with Crippen molar-refractivity contribution in [3.8, 4) is 17.5 Å². The Labute approximate surface area is 218 Å². The van der Waals surface area contributed by atoms with Gasteiger partial charge in [0.25, 0.3) is 11.8 Å². The lowest BCUT2D eigenvalue weighted by atomic mass is 9.99. The van der Waals surface area contributed by atoms with Gasteiger partial charge in [0.05, 0.1) is 65.9 Å². The minimum absolute atomic E-state index is 0.0693. The molecule has 0 saturated heterocycles. The minimum Gasteiger partial charge on any atom is -0.481 e. The van der Waals surface area contributed by atoms with Gasteiger partial charge in [-0.05, 0) is 39.8 Å². The fraction of sp³-hybridized carbons (Fsp3) is 0.346. The molecule has 0 fully saturated rings. The van der Waals surface area contributed by atoms with Crippen LogP contribution in [0.5, 0.6) is 17.5 Å². The van der Waals surface area contributed by atoms with E-state index in [-0.39, 0.29) is 17.6 Å². The molecule has 0 unspecified atom stereocenters. The number of methoxy groups -OCH3 is 2. The molecule has 2 aliphatic rings. The molecule has 12 heteroatoms. The maximum absolute atomic E-state index is 12.8. The van der Waals surface area contributed by atoms with E-state index in [0.29, 0.717) is 34.3 Å². The zero-order valence-corrected chi connectivity index (χ0v) is 21.7. The number of pyridine rings is 3. The average molecular weight is 528 g/mol. The first-order chi connectivity index (χ1) is 17.9. The van der Waals surface area contributed by atoms with Gasteiger partial charge in [-0.3, -0.25) is 19.5 Å². The highest BCUT2D eigenvalue weighted by molar-refractivity contribution is 6.11. The number of hydrogen-bond donors (Lipinski definition) is 1. The van der Waals surface area contributed by atoms with Gasteiger partial charge in [0, 0.05) is 18.2 Å². The number of halogens is 2. The highest BCUT2D eigenvalue weighted by Crippen LogP contribution is 2.42. The summed E-state index contributed by atoms with van der Waals surface area (Å²) in [5, 5.41) is 2.85. The van der Waals surface area contributed by atoms with Gasteiger partial charge >= 0.3 is 6.61 Å². The zero-order chi connectivity index (χ0) is 27.8. The summed E-state index contributed by atoms with van der Waals surface area (Å²) in [4.78, 5) is 38.2. The number of amides is 2. The predicted octanol–water partition coefficient (Wildman–Crippen LogP) is 4.05. The number of alkyl halides is 2. The molecule has 3 aromatic heterocycles. The van der Waals surface area contributed by atoms with E-state index < -0.39 is 17.7 Å². The number of anilines is 1. The SMILES string of the molecule is COc1ccc2c(n1)C(C)(C)N(c1cncc(OC(F)F)c1)C2=O.COc1ccc2c(n1)C(C)(C)NC2=O. The maximum Gasteiger partial charge on any atom is 0.387 e. The third kappa shape index (κ3) is 4.81. The van der Waals surface area contributed by atoms with Crippen molar-refractivity contribution in [2.24, 2.45) is 0 Å². The first-order valence-corrected chi connectivity index (χ1v) is 11.6. The molecule has 38 heavy (non-hydrogen) atoms. The van der Waals surface area contributed by atoms with Gasteiger partial charge in [-0.2, -0.15) is 8.78 Å². The zero-order valence-electron chi connectivity index (χ0n) is 21.7. The summed E-state index contributed by atoms with van der Waals surface area (Å²) < 4.78 is 39.3. The van der Waals surface area contributed by atoms with Crippen molar-refractivity contribution in [2.75, 3.05) is 19.1 Å². The molecular weight excluding hydrogens is 500 g/mol. The van der Waals surface area contributed by atoms with E-state index in [1.807, 2.05) is 27.7 Å². The summed E-state index contributed by atoms with van der Waals surface area (Å²) in [6.45, 7) is 4.49. The molecule has 1 N–H and O–H groups in total. The van der Waals surface area contributed by atoms with Crippen LogP contribution in [0, 0.1) is 0 Å². The molecular formula is C26H27F2N5O5. The Morgan fingerprint density at radius 2 is 1.50 bits per heavy atom. The van der Waals surface area contributed by atoms with Crippen LogP contribution < -0.4 is 24.4 Å². The number of nitrogens with one attached hydrogen (secondary N) is 1. The van der Waals surface area contributed by atoms with Crippen molar-refractivity contribution in [3.63, 3.8) is 0 Å². The van der Waals surface area contributed by atoms with Crippen molar-refractivity contribution in [1.82, 2.24) is 20.3 Å². The number of nitrogens with zero attached hydrogens (tertiary/aromatic N) is 4. The quantitative estimate of drug-likeness (QED) is 0.529. The number of ether oxygens (including phenoxy) is 3. The molecule has 2 aliphatic heterocycles. The minimum atomic E-state index is -2.97.